The number of benzene rings is 1. The van der Waals surface area contributed by atoms with Crippen LogP contribution in [-0.4, -0.2) is 17.7 Å². The number of halogens is 1. The molecule has 1 aromatic carbocycles. The van der Waals surface area contributed by atoms with Crippen molar-refractivity contribution in [2.24, 2.45) is 11.8 Å². The van der Waals surface area contributed by atoms with Gasteiger partial charge in [-0.15, -0.1) is 0 Å². The maximum Gasteiger partial charge on any atom is 0.237 e. The second-order valence-electron chi connectivity index (χ2n) is 5.85. The SMILES string of the molecule is CC(=O)Nc1ccc(N2C(=O)C3CCCCC3C2=O)cc1Cl. The Morgan fingerprint density at radius 2 is 1.77 bits per heavy atom. The van der Waals surface area contributed by atoms with Gasteiger partial charge in [0.05, 0.1) is 28.2 Å². The summed E-state index contributed by atoms with van der Waals surface area (Å²) in [5.41, 5.74) is 0.943. The van der Waals surface area contributed by atoms with E-state index in [9.17, 15) is 14.4 Å². The highest BCUT2D eigenvalue weighted by atomic mass is 35.5. The molecule has 1 aliphatic carbocycles. The number of hydrogen-bond acceptors (Lipinski definition) is 3. The van der Waals surface area contributed by atoms with Crippen LogP contribution in [0.4, 0.5) is 11.4 Å². The first-order chi connectivity index (χ1) is 10.5. The van der Waals surface area contributed by atoms with Gasteiger partial charge in [-0.3, -0.25) is 19.3 Å². The number of carbonyl (C=O) groups is 3. The zero-order valence-electron chi connectivity index (χ0n) is 12.3. The van der Waals surface area contributed by atoms with Crippen LogP contribution in [0.2, 0.25) is 5.02 Å². The van der Waals surface area contributed by atoms with E-state index in [1.165, 1.54) is 11.8 Å². The predicted molar refractivity (Wildman–Crippen MR) is 83.7 cm³/mol. The summed E-state index contributed by atoms with van der Waals surface area (Å²) in [5, 5.41) is 2.91. The average molecular weight is 321 g/mol. The lowest BCUT2D eigenvalue weighted by molar-refractivity contribution is -0.122. The third-order valence-electron chi connectivity index (χ3n) is 4.36. The summed E-state index contributed by atoms with van der Waals surface area (Å²) in [5.74, 6) is -0.852. The third-order valence-corrected chi connectivity index (χ3v) is 4.68. The Hall–Kier alpha value is -1.88. The van der Waals surface area contributed by atoms with Gasteiger partial charge in [0.25, 0.3) is 0 Å². The number of rotatable bonds is 2. The van der Waals surface area contributed by atoms with Crippen molar-refractivity contribution in [1.29, 1.82) is 0 Å². The molecule has 2 fully saturated rings. The molecule has 0 spiro atoms. The molecule has 2 aliphatic rings. The van der Waals surface area contributed by atoms with Gasteiger partial charge in [-0.05, 0) is 31.0 Å². The van der Waals surface area contributed by atoms with Crippen LogP contribution in [0.25, 0.3) is 0 Å². The minimum absolute atomic E-state index is 0.127. The summed E-state index contributed by atoms with van der Waals surface area (Å²) in [6, 6.07) is 4.81. The molecule has 1 saturated heterocycles. The van der Waals surface area contributed by atoms with E-state index < -0.39 is 0 Å². The molecular weight excluding hydrogens is 304 g/mol. The highest BCUT2D eigenvalue weighted by Crippen LogP contribution is 2.41. The van der Waals surface area contributed by atoms with Crippen molar-refractivity contribution < 1.29 is 14.4 Å². The number of nitrogens with one attached hydrogen (secondary N) is 1. The van der Waals surface area contributed by atoms with Gasteiger partial charge < -0.3 is 5.32 Å². The number of fused-ring (bicyclic) bond motifs is 1. The van der Waals surface area contributed by atoms with Gasteiger partial charge in [-0.25, -0.2) is 0 Å². The maximum absolute atomic E-state index is 12.5. The molecular formula is C16H17ClN2O3. The molecule has 22 heavy (non-hydrogen) atoms. The van der Waals surface area contributed by atoms with Gasteiger partial charge in [-0.1, -0.05) is 24.4 Å². The van der Waals surface area contributed by atoms with Crippen molar-refractivity contribution >= 4 is 40.7 Å². The Morgan fingerprint density at radius 1 is 1.18 bits per heavy atom. The fourth-order valence-corrected chi connectivity index (χ4v) is 3.57. The first-order valence-electron chi connectivity index (χ1n) is 7.44. The molecule has 116 valence electrons. The largest absolute Gasteiger partial charge is 0.325 e. The minimum Gasteiger partial charge on any atom is -0.325 e. The van der Waals surface area contributed by atoms with E-state index in [-0.39, 0.29) is 29.6 Å². The van der Waals surface area contributed by atoms with E-state index in [1.54, 1.807) is 18.2 Å². The second-order valence-corrected chi connectivity index (χ2v) is 6.26. The standard InChI is InChI=1S/C16H17ClN2O3/c1-9(20)18-14-7-6-10(8-13(14)17)19-15(21)11-4-2-3-5-12(11)16(19)22/h6-8,11-12H,2-5H2,1H3,(H,18,20). The quantitative estimate of drug-likeness (QED) is 0.852. The molecule has 5 nitrogen and oxygen atoms in total. The lowest BCUT2D eigenvalue weighted by Crippen LogP contribution is -2.30. The molecule has 2 unspecified atom stereocenters. The van der Waals surface area contributed by atoms with Gasteiger partial charge in [0, 0.05) is 6.92 Å². The van der Waals surface area contributed by atoms with Gasteiger partial charge in [-0.2, -0.15) is 0 Å². The lowest BCUT2D eigenvalue weighted by atomic mass is 9.81. The zero-order chi connectivity index (χ0) is 15.9. The third kappa shape index (κ3) is 2.50. The van der Waals surface area contributed by atoms with Crippen molar-refractivity contribution in [3.63, 3.8) is 0 Å². The zero-order valence-corrected chi connectivity index (χ0v) is 13.0. The Balaban J connectivity index is 1.90. The smallest absolute Gasteiger partial charge is 0.237 e. The van der Waals surface area contributed by atoms with Crippen molar-refractivity contribution in [2.45, 2.75) is 32.6 Å². The molecule has 0 bridgehead atoms. The fourth-order valence-electron chi connectivity index (χ4n) is 3.35. The molecule has 0 aromatic heterocycles. The first-order valence-corrected chi connectivity index (χ1v) is 7.82. The second kappa shape index (κ2) is 5.72. The molecule has 3 rings (SSSR count). The molecule has 0 radical (unpaired) electrons. The van der Waals surface area contributed by atoms with Crippen LogP contribution in [0.5, 0.6) is 0 Å². The van der Waals surface area contributed by atoms with E-state index in [1.807, 2.05) is 0 Å². The Labute approximate surface area is 133 Å². The Bertz CT molecular complexity index is 635. The normalized spacial score (nSPS) is 24.4. The highest BCUT2D eigenvalue weighted by Gasteiger charge is 2.48. The van der Waals surface area contributed by atoms with E-state index in [2.05, 4.69) is 5.32 Å². The molecule has 6 heteroatoms. The van der Waals surface area contributed by atoms with Crippen LogP contribution >= 0.6 is 11.6 Å². The summed E-state index contributed by atoms with van der Waals surface area (Å²) in [7, 11) is 0. The Morgan fingerprint density at radius 3 is 2.27 bits per heavy atom. The van der Waals surface area contributed by atoms with Crippen LogP contribution in [-0.2, 0) is 14.4 Å². The number of carbonyl (C=O) groups excluding carboxylic acids is 3. The van der Waals surface area contributed by atoms with Crippen LogP contribution in [0, 0.1) is 11.8 Å². The van der Waals surface area contributed by atoms with Crippen molar-refractivity contribution in [2.75, 3.05) is 10.2 Å². The molecule has 2 atom stereocenters. The number of nitrogens with zero attached hydrogens (tertiary/aromatic N) is 1. The molecule has 1 aliphatic heterocycles. The number of hydrogen-bond donors (Lipinski definition) is 1. The number of amides is 3. The molecule has 1 saturated carbocycles. The van der Waals surface area contributed by atoms with Gasteiger partial charge in [0.15, 0.2) is 0 Å². The number of imide groups is 1. The molecule has 3 amide bonds. The van der Waals surface area contributed by atoms with Gasteiger partial charge in [0.1, 0.15) is 0 Å². The van der Waals surface area contributed by atoms with E-state index in [0.29, 0.717) is 16.4 Å². The monoisotopic (exact) mass is 320 g/mol. The highest BCUT2D eigenvalue weighted by molar-refractivity contribution is 6.34. The average Bonchev–Trinajstić information content (AvgIpc) is 2.73. The minimum atomic E-state index is -0.228. The summed E-state index contributed by atoms with van der Waals surface area (Å²) in [6.45, 7) is 1.39. The van der Waals surface area contributed by atoms with Crippen LogP contribution in [0.15, 0.2) is 18.2 Å². The maximum atomic E-state index is 12.5. The van der Waals surface area contributed by atoms with Crippen LogP contribution < -0.4 is 10.2 Å². The van der Waals surface area contributed by atoms with Crippen LogP contribution in [0.3, 0.4) is 0 Å². The molecule has 1 heterocycles. The van der Waals surface area contributed by atoms with E-state index in [0.717, 1.165) is 25.7 Å². The van der Waals surface area contributed by atoms with Gasteiger partial charge >= 0.3 is 0 Å². The fraction of sp³-hybridized carbons (Fsp3) is 0.438. The number of anilines is 2. The lowest BCUT2D eigenvalue weighted by Gasteiger charge is -2.19. The summed E-state index contributed by atoms with van der Waals surface area (Å²) in [6.07, 6.45) is 3.55. The van der Waals surface area contributed by atoms with Crippen molar-refractivity contribution in [3.8, 4) is 0 Å². The summed E-state index contributed by atoms with van der Waals surface area (Å²) in [4.78, 5) is 37.4. The van der Waals surface area contributed by atoms with Crippen molar-refractivity contribution in [1.82, 2.24) is 0 Å². The topological polar surface area (TPSA) is 66.5 Å². The summed E-state index contributed by atoms with van der Waals surface area (Å²) < 4.78 is 0. The molecule has 1 N–H and O–H groups in total. The van der Waals surface area contributed by atoms with E-state index in [4.69, 9.17) is 11.6 Å². The Kier molecular flexibility index (Phi) is 3.91. The van der Waals surface area contributed by atoms with Crippen LogP contribution in [0.1, 0.15) is 32.6 Å². The molecule has 1 aromatic rings. The van der Waals surface area contributed by atoms with E-state index >= 15 is 0 Å². The van der Waals surface area contributed by atoms with Crippen molar-refractivity contribution in [3.05, 3.63) is 23.2 Å². The van der Waals surface area contributed by atoms with Gasteiger partial charge in [0.2, 0.25) is 17.7 Å². The first kappa shape index (κ1) is 15.0. The predicted octanol–water partition coefficient (Wildman–Crippen LogP) is 2.98. The summed E-state index contributed by atoms with van der Waals surface area (Å²) >= 11 is 6.14.